The molecule has 2 aromatic rings. The summed E-state index contributed by atoms with van der Waals surface area (Å²) in [4.78, 5) is 0. The van der Waals surface area contributed by atoms with Gasteiger partial charge in [0.25, 0.3) is 0 Å². The highest BCUT2D eigenvalue weighted by atomic mass is 28.3. The van der Waals surface area contributed by atoms with Crippen LogP contribution >= 0.6 is 0 Å². The molecule has 0 spiro atoms. The Morgan fingerprint density at radius 3 is 1.15 bits per heavy atom. The molecule has 0 unspecified atom stereocenters. The van der Waals surface area contributed by atoms with Crippen LogP contribution in [0.1, 0.15) is 129 Å². The van der Waals surface area contributed by atoms with Gasteiger partial charge in [-0.2, -0.15) is 0 Å². The van der Waals surface area contributed by atoms with Crippen LogP contribution in [0.5, 0.6) is 11.5 Å². The van der Waals surface area contributed by atoms with E-state index < -0.39 is 9.28 Å². The van der Waals surface area contributed by atoms with Crippen molar-refractivity contribution in [1.29, 1.82) is 0 Å². The summed E-state index contributed by atoms with van der Waals surface area (Å²) < 4.78 is 13.5. The fourth-order valence-corrected chi connectivity index (χ4v) is 5.70. The zero-order chi connectivity index (χ0) is 26.0. The molecule has 34 heavy (non-hydrogen) atoms. The summed E-state index contributed by atoms with van der Waals surface area (Å²) in [6, 6.07) is 9.55. The molecule has 0 saturated carbocycles. The summed E-state index contributed by atoms with van der Waals surface area (Å²) >= 11 is 0. The van der Waals surface area contributed by atoms with Crippen molar-refractivity contribution in [2.75, 3.05) is 0 Å². The second-order valence-electron chi connectivity index (χ2n) is 14.3. The molecule has 2 nitrogen and oxygen atoms in total. The van der Waals surface area contributed by atoms with Gasteiger partial charge >= 0.3 is 9.28 Å². The third-order valence-electron chi connectivity index (χ3n) is 7.01. The lowest BCUT2D eigenvalue weighted by molar-refractivity contribution is 0.395. The molecule has 2 aromatic carbocycles. The lowest BCUT2D eigenvalue weighted by Gasteiger charge is -2.36. The molecule has 0 N–H and O–H groups in total. The van der Waals surface area contributed by atoms with E-state index in [0.717, 1.165) is 11.5 Å². The van der Waals surface area contributed by atoms with Gasteiger partial charge in [0.2, 0.25) is 0 Å². The van der Waals surface area contributed by atoms with Crippen LogP contribution in [-0.2, 0) is 21.7 Å². The minimum Gasteiger partial charge on any atom is -0.510 e. The van der Waals surface area contributed by atoms with Crippen molar-refractivity contribution in [3.63, 3.8) is 0 Å². The molecule has 0 atom stereocenters. The Kier molecular flexibility index (Phi) is 6.66. The van der Waals surface area contributed by atoms with Crippen LogP contribution < -0.4 is 8.85 Å². The van der Waals surface area contributed by atoms with Gasteiger partial charge < -0.3 is 8.85 Å². The Morgan fingerprint density at radius 1 is 0.559 bits per heavy atom. The third kappa shape index (κ3) is 5.25. The maximum Gasteiger partial charge on any atom is 0.528 e. The molecule has 1 heterocycles. The first kappa shape index (κ1) is 26.9. The zero-order valence-electron chi connectivity index (χ0n) is 24.2. The Hall–Kier alpha value is -1.74. The molecule has 0 saturated heterocycles. The van der Waals surface area contributed by atoms with Crippen LogP contribution in [0.2, 0.25) is 6.55 Å². The number of hydrogen-bond donors (Lipinski definition) is 0. The summed E-state index contributed by atoms with van der Waals surface area (Å²) in [7, 11) is -1.56. The van der Waals surface area contributed by atoms with E-state index in [9.17, 15) is 0 Å². The maximum atomic E-state index is 6.73. The normalized spacial score (nSPS) is 16.2. The molecule has 0 bridgehead atoms. The number of rotatable bonds is 0. The number of fused-ring (bicyclic) bond motifs is 2. The maximum absolute atomic E-state index is 6.73. The van der Waals surface area contributed by atoms with Gasteiger partial charge in [-0.05, 0) is 43.9 Å². The minimum absolute atomic E-state index is 0.0287. The van der Waals surface area contributed by atoms with E-state index >= 15 is 0 Å². The van der Waals surface area contributed by atoms with Gasteiger partial charge in [0.05, 0.1) is 0 Å². The number of benzene rings is 2. The summed E-state index contributed by atoms with van der Waals surface area (Å²) in [5.74, 6) is 2.23. The molecule has 1 aliphatic rings. The van der Waals surface area contributed by atoms with E-state index in [-0.39, 0.29) is 27.6 Å². The predicted molar refractivity (Wildman–Crippen MR) is 148 cm³/mol. The quantitative estimate of drug-likeness (QED) is 0.351. The average molecular weight is 480 g/mol. The molecule has 3 heteroatoms. The molecular weight excluding hydrogens is 432 g/mol. The third-order valence-corrected chi connectivity index (χ3v) is 7.99. The fraction of sp³-hybridized carbons (Fsp3) is 0.613. The molecule has 1 radical (unpaired) electrons. The van der Waals surface area contributed by atoms with Crippen molar-refractivity contribution in [2.24, 2.45) is 0 Å². The first-order chi connectivity index (χ1) is 15.2. The Morgan fingerprint density at radius 2 is 0.882 bits per heavy atom. The van der Waals surface area contributed by atoms with E-state index in [2.05, 4.69) is 121 Å². The first-order valence-electron chi connectivity index (χ1n) is 12.8. The molecule has 0 fully saturated rings. The molecule has 1 aliphatic heterocycles. The van der Waals surface area contributed by atoms with Crippen LogP contribution in [0.15, 0.2) is 24.3 Å². The summed E-state index contributed by atoms with van der Waals surface area (Å²) in [6.45, 7) is 32.0. The highest BCUT2D eigenvalue weighted by Gasteiger charge is 2.36. The van der Waals surface area contributed by atoms with Gasteiger partial charge in [0, 0.05) is 23.6 Å². The Balaban J connectivity index is 2.44. The van der Waals surface area contributed by atoms with Gasteiger partial charge in [0.15, 0.2) is 0 Å². The van der Waals surface area contributed by atoms with Gasteiger partial charge in [-0.25, -0.2) is 0 Å². The van der Waals surface area contributed by atoms with Crippen molar-refractivity contribution in [2.45, 2.75) is 124 Å². The molecule has 0 amide bonds. The van der Waals surface area contributed by atoms with Crippen LogP contribution in [0.25, 0.3) is 0 Å². The standard InChI is InChI=1S/C31H47O2Si/c1-19-22-15-20(28(2,3)4)17-24(30(8,9)10)26(22)32-34(14)33-27-23(19)16-21(29(5,6)7)18-25(27)31(11,12)13/h15-19H,1-14H3. The van der Waals surface area contributed by atoms with Crippen molar-refractivity contribution in [3.8, 4) is 11.5 Å². The highest BCUT2D eigenvalue weighted by Crippen LogP contribution is 2.49. The van der Waals surface area contributed by atoms with Crippen LogP contribution in [0, 0.1) is 0 Å². The summed E-state index contributed by atoms with van der Waals surface area (Å²) in [5.41, 5.74) is 7.92. The van der Waals surface area contributed by atoms with E-state index in [4.69, 9.17) is 8.85 Å². The summed E-state index contributed by atoms with van der Waals surface area (Å²) in [5, 5.41) is 0. The first-order valence-corrected chi connectivity index (χ1v) is 14.6. The molecule has 0 aliphatic carbocycles. The lowest BCUT2D eigenvalue weighted by atomic mass is 9.74. The SMILES string of the molecule is CC1c2cc(C(C)(C)C)cc(C(C)(C)C)c2O[Si](C)Oc2c1cc(C(C)(C)C)cc2C(C)(C)C. The lowest BCUT2D eigenvalue weighted by Crippen LogP contribution is -2.33. The Labute approximate surface area is 211 Å². The van der Waals surface area contributed by atoms with Crippen LogP contribution in [0.3, 0.4) is 0 Å². The van der Waals surface area contributed by atoms with Crippen molar-refractivity contribution in [1.82, 2.24) is 0 Å². The van der Waals surface area contributed by atoms with Crippen molar-refractivity contribution < 1.29 is 8.85 Å². The molecular formula is C31H47O2Si. The monoisotopic (exact) mass is 479 g/mol. The van der Waals surface area contributed by atoms with Gasteiger partial charge in [-0.3, -0.25) is 0 Å². The fourth-order valence-electron chi connectivity index (χ4n) is 4.63. The topological polar surface area (TPSA) is 18.5 Å². The van der Waals surface area contributed by atoms with Crippen LogP contribution in [0.4, 0.5) is 0 Å². The Bertz CT molecular complexity index is 984. The number of hydrogen-bond acceptors (Lipinski definition) is 2. The van der Waals surface area contributed by atoms with Crippen molar-refractivity contribution >= 4 is 9.28 Å². The van der Waals surface area contributed by atoms with E-state index in [1.54, 1.807) is 0 Å². The molecule has 0 aromatic heterocycles. The van der Waals surface area contributed by atoms with Crippen molar-refractivity contribution in [3.05, 3.63) is 57.6 Å². The molecule has 3 rings (SSSR count). The van der Waals surface area contributed by atoms with Crippen LogP contribution in [-0.4, -0.2) is 9.28 Å². The smallest absolute Gasteiger partial charge is 0.510 e. The second kappa shape index (κ2) is 8.43. The predicted octanol–water partition coefficient (Wildman–Crippen LogP) is 8.92. The summed E-state index contributed by atoms with van der Waals surface area (Å²) in [6.07, 6.45) is 0. The molecule has 187 valence electrons. The zero-order valence-corrected chi connectivity index (χ0v) is 25.2. The largest absolute Gasteiger partial charge is 0.528 e. The van der Waals surface area contributed by atoms with Gasteiger partial charge in [-0.1, -0.05) is 114 Å². The van der Waals surface area contributed by atoms with Gasteiger partial charge in [-0.15, -0.1) is 0 Å². The van der Waals surface area contributed by atoms with E-state index in [0.29, 0.717) is 0 Å². The van der Waals surface area contributed by atoms with Gasteiger partial charge in [0.1, 0.15) is 11.5 Å². The highest BCUT2D eigenvalue weighted by molar-refractivity contribution is 6.44. The second-order valence-corrected chi connectivity index (χ2v) is 15.7. The van der Waals surface area contributed by atoms with E-state index in [1.807, 2.05) is 0 Å². The minimum atomic E-state index is -1.56. The van der Waals surface area contributed by atoms with E-state index in [1.165, 1.54) is 33.4 Å². The average Bonchev–Trinajstić information content (AvgIpc) is 2.63.